The van der Waals surface area contributed by atoms with Gasteiger partial charge in [-0.1, -0.05) is 56.7 Å². The van der Waals surface area contributed by atoms with Crippen molar-refractivity contribution >= 4 is 16.9 Å². The van der Waals surface area contributed by atoms with Gasteiger partial charge in [-0.15, -0.1) is 0 Å². The largest absolute Gasteiger partial charge is 0.365 e. The highest BCUT2D eigenvalue weighted by atomic mass is 32.2. The Morgan fingerprint density at radius 2 is 1.90 bits per heavy atom. The van der Waals surface area contributed by atoms with E-state index in [2.05, 4.69) is 5.32 Å². The highest BCUT2D eigenvalue weighted by Gasteiger charge is 2.34. The van der Waals surface area contributed by atoms with Gasteiger partial charge in [0.25, 0.3) is 0 Å². The van der Waals surface area contributed by atoms with Crippen molar-refractivity contribution in [2.24, 2.45) is 16.3 Å². The predicted molar refractivity (Wildman–Crippen MR) is 89.5 cm³/mol. The standard InChI is InChI=1S/C17H30N2S/c1-4-10-17(11-5-1)13-19-16(20-14-17)18-12-6-9-15-7-2-3-8-15/h15H,1-14H2,(H,18,19). The Hall–Kier alpha value is -0.180. The number of hydrogen-bond acceptors (Lipinski definition) is 3. The van der Waals surface area contributed by atoms with E-state index in [-0.39, 0.29) is 0 Å². The van der Waals surface area contributed by atoms with Gasteiger partial charge in [0.05, 0.1) is 0 Å². The Labute approximate surface area is 128 Å². The summed E-state index contributed by atoms with van der Waals surface area (Å²) in [5.41, 5.74) is 0.567. The second-order valence-corrected chi connectivity index (χ2v) is 8.15. The van der Waals surface area contributed by atoms with E-state index in [0.717, 1.165) is 19.0 Å². The minimum absolute atomic E-state index is 0.567. The molecule has 0 bridgehead atoms. The lowest BCUT2D eigenvalue weighted by Crippen LogP contribution is -2.37. The fourth-order valence-electron chi connectivity index (χ4n) is 4.15. The number of rotatable bonds is 4. The number of nitrogens with zero attached hydrogens (tertiary/aromatic N) is 1. The van der Waals surface area contributed by atoms with Crippen LogP contribution in [0, 0.1) is 11.3 Å². The van der Waals surface area contributed by atoms with Crippen LogP contribution in [0.25, 0.3) is 0 Å². The summed E-state index contributed by atoms with van der Waals surface area (Å²) in [6.07, 6.45) is 15.8. The van der Waals surface area contributed by atoms with E-state index in [1.54, 1.807) is 0 Å². The van der Waals surface area contributed by atoms with Crippen LogP contribution < -0.4 is 5.32 Å². The molecule has 2 fully saturated rings. The van der Waals surface area contributed by atoms with Crippen molar-refractivity contribution in [3.05, 3.63) is 0 Å². The molecule has 0 radical (unpaired) electrons. The normalized spacial score (nSPS) is 26.7. The first-order valence-corrected chi connectivity index (χ1v) is 9.76. The highest BCUT2D eigenvalue weighted by Crippen LogP contribution is 2.41. The molecule has 1 aliphatic heterocycles. The second kappa shape index (κ2) is 7.20. The minimum Gasteiger partial charge on any atom is -0.365 e. The average molecular weight is 295 g/mol. The van der Waals surface area contributed by atoms with Gasteiger partial charge in [-0.2, -0.15) is 0 Å². The molecule has 0 amide bonds. The first kappa shape index (κ1) is 14.7. The van der Waals surface area contributed by atoms with Crippen molar-refractivity contribution in [2.45, 2.75) is 70.6 Å². The first-order chi connectivity index (χ1) is 9.86. The monoisotopic (exact) mass is 294 g/mol. The molecular formula is C17H30N2S. The predicted octanol–water partition coefficient (Wildman–Crippen LogP) is 4.60. The lowest BCUT2D eigenvalue weighted by molar-refractivity contribution is 0.232. The maximum atomic E-state index is 4.84. The van der Waals surface area contributed by atoms with Crippen LogP contribution in [0.3, 0.4) is 0 Å². The molecule has 0 unspecified atom stereocenters. The van der Waals surface area contributed by atoms with E-state index in [4.69, 9.17) is 4.99 Å². The van der Waals surface area contributed by atoms with E-state index in [1.165, 1.54) is 81.5 Å². The minimum atomic E-state index is 0.567. The topological polar surface area (TPSA) is 24.4 Å². The lowest BCUT2D eigenvalue weighted by atomic mass is 9.75. The number of thioether (sulfide) groups is 1. The molecule has 114 valence electrons. The molecule has 0 aromatic rings. The summed E-state index contributed by atoms with van der Waals surface area (Å²) in [4.78, 5) is 4.84. The number of nitrogens with one attached hydrogen (secondary N) is 1. The fourth-order valence-corrected chi connectivity index (χ4v) is 5.33. The summed E-state index contributed by atoms with van der Waals surface area (Å²) in [7, 11) is 0. The van der Waals surface area contributed by atoms with Crippen molar-refractivity contribution in [1.29, 1.82) is 0 Å². The van der Waals surface area contributed by atoms with Gasteiger partial charge in [-0.25, -0.2) is 0 Å². The fraction of sp³-hybridized carbons (Fsp3) is 0.941. The van der Waals surface area contributed by atoms with Crippen molar-refractivity contribution in [2.75, 3.05) is 18.8 Å². The van der Waals surface area contributed by atoms with E-state index >= 15 is 0 Å². The zero-order chi connectivity index (χ0) is 13.7. The molecular weight excluding hydrogens is 264 g/mol. The van der Waals surface area contributed by atoms with E-state index in [1.807, 2.05) is 11.8 Å². The van der Waals surface area contributed by atoms with Gasteiger partial charge >= 0.3 is 0 Å². The molecule has 0 atom stereocenters. The Balaban J connectivity index is 1.34. The highest BCUT2D eigenvalue weighted by molar-refractivity contribution is 8.13. The van der Waals surface area contributed by atoms with Crippen molar-refractivity contribution in [3.8, 4) is 0 Å². The molecule has 2 nitrogen and oxygen atoms in total. The molecule has 1 heterocycles. The van der Waals surface area contributed by atoms with Crippen LogP contribution in [0.15, 0.2) is 4.99 Å². The third-order valence-electron chi connectivity index (χ3n) is 5.53. The molecule has 3 heteroatoms. The zero-order valence-corrected chi connectivity index (χ0v) is 13.6. The summed E-state index contributed by atoms with van der Waals surface area (Å²) in [6.45, 7) is 2.22. The molecule has 1 N–H and O–H groups in total. The van der Waals surface area contributed by atoms with Crippen LogP contribution in [-0.2, 0) is 0 Å². The van der Waals surface area contributed by atoms with Crippen LogP contribution in [0.5, 0.6) is 0 Å². The Bertz CT molecular complexity index is 328. The second-order valence-electron chi connectivity index (χ2n) is 7.19. The molecule has 3 rings (SSSR count). The van der Waals surface area contributed by atoms with Gasteiger partial charge in [0.15, 0.2) is 5.17 Å². The molecule has 20 heavy (non-hydrogen) atoms. The Morgan fingerprint density at radius 1 is 1.10 bits per heavy atom. The van der Waals surface area contributed by atoms with Gasteiger partial charge < -0.3 is 5.32 Å². The molecule has 0 aromatic carbocycles. The van der Waals surface area contributed by atoms with Crippen LogP contribution in [0.4, 0.5) is 0 Å². The van der Waals surface area contributed by atoms with E-state index < -0.39 is 0 Å². The Kier molecular flexibility index (Phi) is 5.30. The van der Waals surface area contributed by atoms with Gasteiger partial charge in [0, 0.05) is 18.8 Å². The average Bonchev–Trinajstić information content (AvgIpc) is 3.00. The Morgan fingerprint density at radius 3 is 2.60 bits per heavy atom. The molecule has 1 spiro atoms. The van der Waals surface area contributed by atoms with E-state index in [9.17, 15) is 0 Å². The molecule has 3 aliphatic rings. The lowest BCUT2D eigenvalue weighted by Gasteiger charge is -2.38. The molecule has 2 saturated carbocycles. The maximum absolute atomic E-state index is 4.84. The van der Waals surface area contributed by atoms with Gasteiger partial charge in [0.1, 0.15) is 0 Å². The van der Waals surface area contributed by atoms with Crippen molar-refractivity contribution in [1.82, 2.24) is 5.32 Å². The van der Waals surface area contributed by atoms with Crippen LogP contribution in [0.1, 0.15) is 70.6 Å². The number of hydrogen-bond donors (Lipinski definition) is 1. The molecule has 0 saturated heterocycles. The first-order valence-electron chi connectivity index (χ1n) is 8.78. The zero-order valence-electron chi connectivity index (χ0n) is 12.8. The van der Waals surface area contributed by atoms with E-state index in [0.29, 0.717) is 5.41 Å². The summed E-state index contributed by atoms with van der Waals surface area (Å²) in [5, 5.41) is 4.81. The molecule has 0 aromatic heterocycles. The summed E-state index contributed by atoms with van der Waals surface area (Å²) >= 11 is 1.99. The SMILES string of the molecule is C1CCC2(CC1)CN=C(NCCCC1CCCC1)SC2. The van der Waals surface area contributed by atoms with Crippen LogP contribution in [0.2, 0.25) is 0 Å². The molecule has 2 aliphatic carbocycles. The van der Waals surface area contributed by atoms with Gasteiger partial charge in [-0.3, -0.25) is 4.99 Å². The summed E-state index contributed by atoms with van der Waals surface area (Å²) in [6, 6.07) is 0. The third kappa shape index (κ3) is 3.93. The van der Waals surface area contributed by atoms with Crippen molar-refractivity contribution < 1.29 is 0 Å². The quantitative estimate of drug-likeness (QED) is 0.766. The van der Waals surface area contributed by atoms with Crippen molar-refractivity contribution in [3.63, 3.8) is 0 Å². The van der Waals surface area contributed by atoms with Crippen LogP contribution >= 0.6 is 11.8 Å². The smallest absolute Gasteiger partial charge is 0.156 e. The number of aliphatic imine (C=N–C) groups is 1. The van der Waals surface area contributed by atoms with Gasteiger partial charge in [-0.05, 0) is 37.0 Å². The maximum Gasteiger partial charge on any atom is 0.156 e. The summed E-state index contributed by atoms with van der Waals surface area (Å²) in [5.74, 6) is 2.34. The van der Waals surface area contributed by atoms with Crippen LogP contribution in [-0.4, -0.2) is 24.0 Å². The third-order valence-corrected chi connectivity index (χ3v) is 6.83. The summed E-state index contributed by atoms with van der Waals surface area (Å²) < 4.78 is 0. The van der Waals surface area contributed by atoms with Gasteiger partial charge in [0.2, 0.25) is 0 Å². The number of amidine groups is 1.